The van der Waals surface area contributed by atoms with Crippen molar-refractivity contribution in [2.75, 3.05) is 32.7 Å². The summed E-state index contributed by atoms with van der Waals surface area (Å²) in [7, 11) is 0. The van der Waals surface area contributed by atoms with E-state index in [0.29, 0.717) is 25.2 Å². The van der Waals surface area contributed by atoms with Crippen LogP contribution >= 0.6 is 0 Å². The third kappa shape index (κ3) is 4.50. The van der Waals surface area contributed by atoms with Crippen molar-refractivity contribution in [1.82, 2.24) is 15.1 Å². The summed E-state index contributed by atoms with van der Waals surface area (Å²) in [6.07, 6.45) is 0. The van der Waals surface area contributed by atoms with E-state index in [-0.39, 0.29) is 37.0 Å². The Labute approximate surface area is 134 Å². The van der Waals surface area contributed by atoms with E-state index in [1.807, 2.05) is 13.0 Å². The fraction of sp³-hybridized carbons (Fsp3) is 0.438. The molecule has 1 aromatic rings. The maximum atomic E-state index is 14.0. The lowest BCUT2D eigenvalue weighted by atomic mass is 10.1. The predicted octanol–water partition coefficient (Wildman–Crippen LogP) is 0.478. The molecule has 2 amide bonds. The fourth-order valence-electron chi connectivity index (χ4n) is 2.41. The number of benzene rings is 1. The molecule has 7 heteroatoms. The molecule has 1 aliphatic heterocycles. The van der Waals surface area contributed by atoms with Crippen molar-refractivity contribution < 1.29 is 14.0 Å². The van der Waals surface area contributed by atoms with Gasteiger partial charge in [-0.3, -0.25) is 14.5 Å². The van der Waals surface area contributed by atoms with Crippen LogP contribution in [-0.2, 0) is 16.1 Å². The second-order valence-corrected chi connectivity index (χ2v) is 5.39. The summed E-state index contributed by atoms with van der Waals surface area (Å²) in [5.74, 6) is -0.756. The van der Waals surface area contributed by atoms with Crippen LogP contribution in [0.1, 0.15) is 18.1 Å². The number of carbonyl (C=O) groups is 2. The summed E-state index contributed by atoms with van der Waals surface area (Å²) >= 11 is 0. The van der Waals surface area contributed by atoms with Gasteiger partial charge in [0.05, 0.1) is 24.7 Å². The monoisotopic (exact) mass is 318 g/mol. The average Bonchev–Trinajstić information content (AvgIpc) is 2.55. The first kappa shape index (κ1) is 16.9. The maximum Gasteiger partial charge on any atom is 0.239 e. The first-order chi connectivity index (χ1) is 11.0. The van der Waals surface area contributed by atoms with Gasteiger partial charge in [0, 0.05) is 25.2 Å². The Kier molecular flexibility index (Phi) is 5.66. The third-order valence-corrected chi connectivity index (χ3v) is 3.77. The highest BCUT2D eigenvalue weighted by molar-refractivity contribution is 5.86. The zero-order valence-corrected chi connectivity index (χ0v) is 13.0. The highest BCUT2D eigenvalue weighted by Gasteiger charge is 2.22. The minimum atomic E-state index is -0.452. The van der Waals surface area contributed by atoms with Crippen molar-refractivity contribution >= 4 is 11.8 Å². The van der Waals surface area contributed by atoms with Gasteiger partial charge in [0.1, 0.15) is 5.82 Å². The summed E-state index contributed by atoms with van der Waals surface area (Å²) in [5, 5.41) is 11.4. The maximum absolute atomic E-state index is 14.0. The standard InChI is InChI=1S/C16H19FN4O2/c1-2-20(9-13-4-3-12(8-18)7-14(13)17)11-16(23)21-6-5-19-15(22)10-21/h3-4,7H,2,5-6,9-11H2,1H3,(H,19,22). The second kappa shape index (κ2) is 7.70. The lowest BCUT2D eigenvalue weighted by Crippen LogP contribution is -2.52. The molecule has 1 heterocycles. The summed E-state index contributed by atoms with van der Waals surface area (Å²) in [5.41, 5.74) is 0.708. The van der Waals surface area contributed by atoms with Crippen LogP contribution in [0.4, 0.5) is 4.39 Å². The van der Waals surface area contributed by atoms with E-state index in [9.17, 15) is 14.0 Å². The van der Waals surface area contributed by atoms with Crippen LogP contribution in [0.25, 0.3) is 0 Å². The minimum absolute atomic E-state index is 0.0710. The number of rotatable bonds is 5. The van der Waals surface area contributed by atoms with Gasteiger partial charge >= 0.3 is 0 Å². The van der Waals surface area contributed by atoms with Crippen molar-refractivity contribution in [3.05, 3.63) is 35.1 Å². The molecule has 0 saturated carbocycles. The summed E-state index contributed by atoms with van der Waals surface area (Å²) in [6, 6.07) is 6.21. The van der Waals surface area contributed by atoms with Gasteiger partial charge in [-0.1, -0.05) is 13.0 Å². The van der Waals surface area contributed by atoms with Gasteiger partial charge in [0.15, 0.2) is 0 Å². The van der Waals surface area contributed by atoms with Gasteiger partial charge in [-0.25, -0.2) is 4.39 Å². The molecule has 0 atom stereocenters. The van der Waals surface area contributed by atoms with E-state index in [4.69, 9.17) is 5.26 Å². The number of amides is 2. The number of hydrogen-bond donors (Lipinski definition) is 1. The molecule has 1 aliphatic rings. The average molecular weight is 318 g/mol. The summed E-state index contributed by atoms with van der Waals surface area (Å²) < 4.78 is 14.0. The Morgan fingerprint density at radius 2 is 2.30 bits per heavy atom. The van der Waals surface area contributed by atoms with Crippen LogP contribution in [0.5, 0.6) is 0 Å². The Bertz CT molecular complexity index is 641. The molecule has 1 fully saturated rings. The Morgan fingerprint density at radius 1 is 1.52 bits per heavy atom. The van der Waals surface area contributed by atoms with Crippen molar-refractivity contribution in [3.63, 3.8) is 0 Å². The van der Waals surface area contributed by atoms with E-state index in [1.165, 1.54) is 11.0 Å². The largest absolute Gasteiger partial charge is 0.353 e. The Hall–Kier alpha value is -2.46. The van der Waals surface area contributed by atoms with Crippen molar-refractivity contribution in [3.8, 4) is 6.07 Å². The van der Waals surface area contributed by atoms with Crippen molar-refractivity contribution in [1.29, 1.82) is 5.26 Å². The predicted molar refractivity (Wildman–Crippen MR) is 81.7 cm³/mol. The summed E-state index contributed by atoms with van der Waals surface area (Å²) in [6.45, 7) is 3.89. The third-order valence-electron chi connectivity index (χ3n) is 3.77. The topological polar surface area (TPSA) is 76.4 Å². The SMILES string of the molecule is CCN(CC(=O)N1CCNC(=O)C1)Cc1ccc(C#N)cc1F. The minimum Gasteiger partial charge on any atom is -0.353 e. The number of hydrogen-bond acceptors (Lipinski definition) is 4. The van der Waals surface area contributed by atoms with Gasteiger partial charge in [-0.15, -0.1) is 0 Å². The van der Waals surface area contributed by atoms with Crippen molar-refractivity contribution in [2.45, 2.75) is 13.5 Å². The number of nitrogens with zero attached hydrogens (tertiary/aromatic N) is 3. The van der Waals surface area contributed by atoms with Gasteiger partial charge in [-0.2, -0.15) is 5.26 Å². The van der Waals surface area contributed by atoms with Gasteiger partial charge in [-0.05, 0) is 18.7 Å². The molecule has 23 heavy (non-hydrogen) atoms. The molecule has 1 saturated heterocycles. The van der Waals surface area contributed by atoms with Crippen LogP contribution in [0, 0.1) is 17.1 Å². The molecular weight excluding hydrogens is 299 g/mol. The summed E-state index contributed by atoms with van der Waals surface area (Å²) in [4.78, 5) is 26.9. The molecule has 0 aromatic heterocycles. The van der Waals surface area contributed by atoms with E-state index in [1.54, 1.807) is 17.0 Å². The molecule has 122 valence electrons. The highest BCUT2D eigenvalue weighted by atomic mass is 19.1. The quantitative estimate of drug-likeness (QED) is 0.856. The van der Waals surface area contributed by atoms with E-state index >= 15 is 0 Å². The number of nitriles is 1. The molecule has 0 spiro atoms. The number of nitrogens with one attached hydrogen (secondary N) is 1. The molecular formula is C16H19FN4O2. The molecule has 0 unspecified atom stereocenters. The molecule has 0 aliphatic carbocycles. The van der Waals surface area contributed by atoms with Gasteiger partial charge in [0.25, 0.3) is 0 Å². The normalized spacial score (nSPS) is 14.5. The first-order valence-corrected chi connectivity index (χ1v) is 7.48. The first-order valence-electron chi connectivity index (χ1n) is 7.48. The van der Waals surface area contributed by atoms with Crippen molar-refractivity contribution in [2.24, 2.45) is 0 Å². The lowest BCUT2D eigenvalue weighted by molar-refractivity contribution is -0.139. The van der Waals surface area contributed by atoms with Crippen LogP contribution in [-0.4, -0.2) is 54.3 Å². The highest BCUT2D eigenvalue weighted by Crippen LogP contribution is 2.13. The van der Waals surface area contributed by atoms with Gasteiger partial charge < -0.3 is 10.2 Å². The zero-order valence-electron chi connectivity index (χ0n) is 13.0. The smallest absolute Gasteiger partial charge is 0.239 e. The van der Waals surface area contributed by atoms with Crippen LogP contribution in [0.15, 0.2) is 18.2 Å². The van der Waals surface area contributed by atoms with Crippen LogP contribution in [0.2, 0.25) is 0 Å². The number of carbonyl (C=O) groups excluding carboxylic acids is 2. The Balaban J connectivity index is 1.98. The molecule has 1 aromatic carbocycles. The van der Waals surface area contributed by atoms with Gasteiger partial charge in [0.2, 0.25) is 11.8 Å². The molecule has 0 radical (unpaired) electrons. The van der Waals surface area contributed by atoms with E-state index in [2.05, 4.69) is 5.32 Å². The fourth-order valence-corrected chi connectivity index (χ4v) is 2.41. The van der Waals surface area contributed by atoms with Crippen LogP contribution < -0.4 is 5.32 Å². The number of piperazine rings is 1. The van der Waals surface area contributed by atoms with E-state index < -0.39 is 5.82 Å². The number of halogens is 1. The van der Waals surface area contributed by atoms with E-state index in [0.717, 1.165) is 0 Å². The second-order valence-electron chi connectivity index (χ2n) is 5.39. The molecule has 6 nitrogen and oxygen atoms in total. The zero-order chi connectivity index (χ0) is 16.8. The lowest BCUT2D eigenvalue weighted by Gasteiger charge is -2.29. The van der Waals surface area contributed by atoms with Crippen LogP contribution in [0.3, 0.4) is 0 Å². The Morgan fingerprint density at radius 3 is 2.91 bits per heavy atom. The molecule has 2 rings (SSSR count). The molecule has 1 N–H and O–H groups in total. The number of likely N-dealkylation sites (N-methyl/N-ethyl adjacent to an activating group) is 1. The molecule has 0 bridgehead atoms.